The second-order valence-corrected chi connectivity index (χ2v) is 7.28. The lowest BCUT2D eigenvalue weighted by Crippen LogP contribution is -2.39. The van der Waals surface area contributed by atoms with Gasteiger partial charge < -0.3 is 10.5 Å². The summed E-state index contributed by atoms with van der Waals surface area (Å²) in [5.74, 6) is 0. The van der Waals surface area contributed by atoms with Crippen molar-refractivity contribution in [2.75, 3.05) is 13.2 Å². The Morgan fingerprint density at radius 3 is 2.65 bits per heavy atom. The SMILES string of the molecule is CC(N)c1ccc(CNS(=O)(=O)C2CCCOC2)cc1. The van der Waals surface area contributed by atoms with E-state index in [0.717, 1.165) is 17.5 Å². The zero-order valence-corrected chi connectivity index (χ0v) is 12.5. The lowest BCUT2D eigenvalue weighted by Gasteiger charge is -2.22. The summed E-state index contributed by atoms with van der Waals surface area (Å²) in [5.41, 5.74) is 7.74. The molecule has 0 amide bonds. The van der Waals surface area contributed by atoms with E-state index < -0.39 is 15.3 Å². The van der Waals surface area contributed by atoms with Crippen LogP contribution in [-0.2, 0) is 21.3 Å². The number of nitrogens with one attached hydrogen (secondary N) is 1. The summed E-state index contributed by atoms with van der Waals surface area (Å²) in [7, 11) is -3.31. The van der Waals surface area contributed by atoms with Crippen molar-refractivity contribution in [2.24, 2.45) is 5.73 Å². The second kappa shape index (κ2) is 6.67. The molecule has 6 heteroatoms. The van der Waals surface area contributed by atoms with Crippen LogP contribution >= 0.6 is 0 Å². The molecule has 1 aromatic carbocycles. The third-order valence-electron chi connectivity index (χ3n) is 3.54. The number of benzene rings is 1. The summed E-state index contributed by atoms with van der Waals surface area (Å²) in [5, 5.41) is -0.431. The Bertz CT molecular complexity index is 520. The van der Waals surface area contributed by atoms with Gasteiger partial charge in [0.15, 0.2) is 0 Å². The molecule has 2 unspecified atom stereocenters. The largest absolute Gasteiger partial charge is 0.380 e. The molecule has 3 N–H and O–H groups in total. The van der Waals surface area contributed by atoms with Gasteiger partial charge in [-0.1, -0.05) is 24.3 Å². The Morgan fingerprint density at radius 2 is 2.10 bits per heavy atom. The zero-order chi connectivity index (χ0) is 14.6. The summed E-state index contributed by atoms with van der Waals surface area (Å²) in [6.07, 6.45) is 1.47. The fraction of sp³-hybridized carbons (Fsp3) is 0.571. The van der Waals surface area contributed by atoms with E-state index in [4.69, 9.17) is 10.5 Å². The lowest BCUT2D eigenvalue weighted by atomic mass is 10.1. The average Bonchev–Trinajstić information content (AvgIpc) is 2.46. The molecule has 2 rings (SSSR count). The van der Waals surface area contributed by atoms with Crippen LogP contribution in [0.2, 0.25) is 0 Å². The van der Waals surface area contributed by atoms with Gasteiger partial charge in [-0.05, 0) is 30.9 Å². The fourth-order valence-electron chi connectivity index (χ4n) is 2.20. The zero-order valence-electron chi connectivity index (χ0n) is 11.7. The van der Waals surface area contributed by atoms with Crippen molar-refractivity contribution in [3.05, 3.63) is 35.4 Å². The highest BCUT2D eigenvalue weighted by molar-refractivity contribution is 7.90. The molecular weight excluding hydrogens is 276 g/mol. The van der Waals surface area contributed by atoms with Gasteiger partial charge in [0, 0.05) is 19.2 Å². The van der Waals surface area contributed by atoms with Crippen LogP contribution in [0.1, 0.15) is 36.9 Å². The Hall–Kier alpha value is -0.950. The van der Waals surface area contributed by atoms with Crippen molar-refractivity contribution in [3.8, 4) is 0 Å². The van der Waals surface area contributed by atoms with E-state index >= 15 is 0 Å². The second-order valence-electron chi connectivity index (χ2n) is 5.24. The lowest BCUT2D eigenvalue weighted by molar-refractivity contribution is 0.0988. The minimum atomic E-state index is -3.31. The van der Waals surface area contributed by atoms with E-state index in [1.165, 1.54) is 0 Å². The summed E-state index contributed by atoms with van der Waals surface area (Å²) in [6.45, 7) is 3.17. The first-order valence-electron chi connectivity index (χ1n) is 6.89. The third-order valence-corrected chi connectivity index (χ3v) is 5.34. The van der Waals surface area contributed by atoms with Gasteiger partial charge in [0.05, 0.1) is 11.9 Å². The Morgan fingerprint density at radius 1 is 1.40 bits per heavy atom. The minimum absolute atomic E-state index is 0.0138. The molecule has 112 valence electrons. The molecule has 1 saturated heterocycles. The Balaban J connectivity index is 1.93. The first kappa shape index (κ1) is 15.4. The van der Waals surface area contributed by atoms with Crippen molar-refractivity contribution >= 4 is 10.0 Å². The van der Waals surface area contributed by atoms with Crippen LogP contribution in [0.3, 0.4) is 0 Å². The number of rotatable bonds is 5. The number of sulfonamides is 1. The molecule has 1 aromatic rings. The summed E-state index contributed by atoms with van der Waals surface area (Å²) >= 11 is 0. The van der Waals surface area contributed by atoms with Gasteiger partial charge in [-0.15, -0.1) is 0 Å². The van der Waals surface area contributed by atoms with Gasteiger partial charge in [-0.2, -0.15) is 0 Å². The van der Waals surface area contributed by atoms with E-state index in [-0.39, 0.29) is 6.04 Å². The highest BCUT2D eigenvalue weighted by atomic mass is 32.2. The van der Waals surface area contributed by atoms with Crippen LogP contribution < -0.4 is 10.5 Å². The van der Waals surface area contributed by atoms with E-state index in [0.29, 0.717) is 26.2 Å². The van der Waals surface area contributed by atoms with Crippen molar-refractivity contribution < 1.29 is 13.2 Å². The average molecular weight is 298 g/mol. The molecule has 1 fully saturated rings. The van der Waals surface area contributed by atoms with Crippen LogP contribution in [-0.4, -0.2) is 26.9 Å². The van der Waals surface area contributed by atoms with Crippen LogP contribution in [0.15, 0.2) is 24.3 Å². The van der Waals surface area contributed by atoms with Crippen molar-refractivity contribution in [2.45, 2.75) is 37.6 Å². The predicted octanol–water partition coefficient (Wildman–Crippen LogP) is 1.30. The molecule has 0 aromatic heterocycles. The summed E-state index contributed by atoms with van der Waals surface area (Å²) in [6, 6.07) is 7.65. The highest BCUT2D eigenvalue weighted by Gasteiger charge is 2.27. The normalized spacial score (nSPS) is 21.6. The molecule has 0 radical (unpaired) electrons. The molecule has 20 heavy (non-hydrogen) atoms. The predicted molar refractivity (Wildman–Crippen MR) is 78.6 cm³/mol. The number of hydrogen-bond acceptors (Lipinski definition) is 4. The molecule has 1 aliphatic rings. The first-order chi connectivity index (χ1) is 9.49. The van der Waals surface area contributed by atoms with Gasteiger partial charge >= 0.3 is 0 Å². The molecule has 5 nitrogen and oxygen atoms in total. The fourth-order valence-corrected chi connectivity index (χ4v) is 3.55. The summed E-state index contributed by atoms with van der Waals surface area (Å²) < 4.78 is 32.1. The molecule has 1 heterocycles. The molecule has 0 bridgehead atoms. The standard InChI is InChI=1S/C14H22N2O3S/c1-11(15)13-6-4-12(5-7-13)9-16-20(17,18)14-3-2-8-19-10-14/h4-7,11,14,16H,2-3,8-10,15H2,1H3. The minimum Gasteiger partial charge on any atom is -0.380 e. The smallest absolute Gasteiger partial charge is 0.217 e. The van der Waals surface area contributed by atoms with Gasteiger partial charge in [0.25, 0.3) is 0 Å². The first-order valence-corrected chi connectivity index (χ1v) is 8.44. The Labute approximate surface area is 120 Å². The monoisotopic (exact) mass is 298 g/mol. The van der Waals surface area contributed by atoms with Gasteiger partial charge in [-0.3, -0.25) is 0 Å². The number of hydrogen-bond donors (Lipinski definition) is 2. The quantitative estimate of drug-likeness (QED) is 0.858. The number of ether oxygens (including phenoxy) is 1. The van der Waals surface area contributed by atoms with Crippen molar-refractivity contribution in [1.82, 2.24) is 4.72 Å². The van der Waals surface area contributed by atoms with Crippen molar-refractivity contribution in [1.29, 1.82) is 0 Å². The Kier molecular flexibility index (Phi) is 5.15. The molecular formula is C14H22N2O3S. The maximum absolute atomic E-state index is 12.1. The van der Waals surface area contributed by atoms with Gasteiger partial charge in [-0.25, -0.2) is 13.1 Å². The van der Waals surface area contributed by atoms with Crippen molar-refractivity contribution in [3.63, 3.8) is 0 Å². The molecule has 0 aliphatic carbocycles. The molecule has 2 atom stereocenters. The van der Waals surface area contributed by atoms with E-state index in [9.17, 15) is 8.42 Å². The molecule has 0 spiro atoms. The van der Waals surface area contributed by atoms with E-state index in [1.54, 1.807) is 0 Å². The third kappa shape index (κ3) is 4.02. The van der Waals surface area contributed by atoms with E-state index in [1.807, 2.05) is 31.2 Å². The maximum Gasteiger partial charge on any atom is 0.217 e. The van der Waals surface area contributed by atoms with E-state index in [2.05, 4.69) is 4.72 Å². The van der Waals surface area contributed by atoms with Crippen LogP contribution in [0, 0.1) is 0 Å². The van der Waals surface area contributed by atoms with Gasteiger partial charge in [0.2, 0.25) is 10.0 Å². The van der Waals surface area contributed by atoms with Crippen LogP contribution in [0.25, 0.3) is 0 Å². The maximum atomic E-state index is 12.1. The highest BCUT2D eigenvalue weighted by Crippen LogP contribution is 2.15. The van der Waals surface area contributed by atoms with Gasteiger partial charge in [0.1, 0.15) is 0 Å². The summed E-state index contributed by atoms with van der Waals surface area (Å²) in [4.78, 5) is 0. The topological polar surface area (TPSA) is 81.4 Å². The molecule has 1 aliphatic heterocycles. The van der Waals surface area contributed by atoms with Crippen LogP contribution in [0.5, 0.6) is 0 Å². The molecule has 0 saturated carbocycles. The number of nitrogens with two attached hydrogens (primary N) is 1. The van der Waals surface area contributed by atoms with Crippen LogP contribution in [0.4, 0.5) is 0 Å².